The number of carbonyl (C=O) groups excluding carboxylic acids is 1. The topological polar surface area (TPSA) is 59.3 Å². The number of aromatic nitrogens is 3. The van der Waals surface area contributed by atoms with Gasteiger partial charge in [0, 0.05) is 24.0 Å². The highest BCUT2D eigenvalue weighted by Crippen LogP contribution is 2.33. The molecule has 3 aromatic rings. The van der Waals surface area contributed by atoms with E-state index in [2.05, 4.69) is 15.3 Å². The van der Waals surface area contributed by atoms with Crippen LogP contribution in [0.2, 0.25) is 0 Å². The quantitative estimate of drug-likeness (QED) is 0.787. The molecule has 2 aromatic heterocycles. The first-order chi connectivity index (χ1) is 11.8. The number of benzene rings is 1. The maximum atomic E-state index is 13.0. The third-order valence-electron chi connectivity index (χ3n) is 3.53. The van der Waals surface area contributed by atoms with Crippen LogP contribution in [0.25, 0.3) is 16.8 Å². The number of rotatable bonds is 3. The fourth-order valence-corrected chi connectivity index (χ4v) is 2.48. The van der Waals surface area contributed by atoms with Crippen molar-refractivity contribution in [2.24, 2.45) is 0 Å². The third kappa shape index (κ3) is 3.33. The number of alkyl halides is 3. The molecule has 0 bridgehead atoms. The molecule has 0 fully saturated rings. The van der Waals surface area contributed by atoms with Gasteiger partial charge in [-0.05, 0) is 26.0 Å². The minimum Gasteiger partial charge on any atom is -0.347 e. The number of nitrogens with one attached hydrogen (secondary N) is 1. The van der Waals surface area contributed by atoms with Crippen molar-refractivity contribution < 1.29 is 18.0 Å². The second kappa shape index (κ2) is 6.19. The van der Waals surface area contributed by atoms with Gasteiger partial charge < -0.3 is 5.32 Å². The Balaban J connectivity index is 2.16. The van der Waals surface area contributed by atoms with Gasteiger partial charge in [0.2, 0.25) is 5.82 Å². The molecule has 0 aliphatic heterocycles. The standard InChI is InChI=1S/C17H15F3N4O/c1-10(2)22-16(25)15-23-14(13-9-21-6-7-24(13)15)11-4-3-5-12(8-11)17(18,19)20/h3-10H,1-2H3,(H,22,25). The van der Waals surface area contributed by atoms with Gasteiger partial charge in [-0.3, -0.25) is 14.2 Å². The molecule has 1 aromatic carbocycles. The minimum atomic E-state index is -4.46. The molecule has 130 valence electrons. The number of halogens is 3. The van der Waals surface area contributed by atoms with E-state index in [1.54, 1.807) is 6.20 Å². The summed E-state index contributed by atoms with van der Waals surface area (Å²) in [5, 5.41) is 2.73. The summed E-state index contributed by atoms with van der Waals surface area (Å²) in [6, 6.07) is 4.74. The van der Waals surface area contributed by atoms with Crippen LogP contribution in [0.4, 0.5) is 13.2 Å². The highest BCUT2D eigenvalue weighted by molar-refractivity contribution is 5.94. The number of hydrogen-bond acceptors (Lipinski definition) is 3. The van der Waals surface area contributed by atoms with Crippen molar-refractivity contribution in [1.82, 2.24) is 19.7 Å². The average Bonchev–Trinajstić information content (AvgIpc) is 2.93. The molecule has 0 aliphatic carbocycles. The Hall–Kier alpha value is -2.90. The largest absolute Gasteiger partial charge is 0.416 e. The lowest BCUT2D eigenvalue weighted by Crippen LogP contribution is -2.31. The summed E-state index contributed by atoms with van der Waals surface area (Å²) in [7, 11) is 0. The Morgan fingerprint density at radius 2 is 2.04 bits per heavy atom. The van der Waals surface area contributed by atoms with Crippen molar-refractivity contribution in [2.75, 3.05) is 0 Å². The lowest BCUT2D eigenvalue weighted by atomic mass is 10.1. The maximum Gasteiger partial charge on any atom is 0.416 e. The molecule has 0 saturated heterocycles. The average molecular weight is 348 g/mol. The van der Waals surface area contributed by atoms with E-state index in [-0.39, 0.29) is 23.1 Å². The first kappa shape index (κ1) is 16.9. The Morgan fingerprint density at radius 3 is 2.72 bits per heavy atom. The molecule has 5 nitrogen and oxygen atoms in total. The van der Waals surface area contributed by atoms with Crippen molar-refractivity contribution in [1.29, 1.82) is 0 Å². The lowest BCUT2D eigenvalue weighted by Gasteiger charge is -2.07. The first-order valence-electron chi connectivity index (χ1n) is 7.58. The van der Waals surface area contributed by atoms with Crippen LogP contribution in [0, 0.1) is 0 Å². The van der Waals surface area contributed by atoms with E-state index in [1.165, 1.54) is 28.9 Å². The third-order valence-corrected chi connectivity index (χ3v) is 3.53. The summed E-state index contributed by atoms with van der Waals surface area (Å²) in [5.74, 6) is -0.312. The van der Waals surface area contributed by atoms with Gasteiger partial charge in [-0.25, -0.2) is 4.98 Å². The number of fused-ring (bicyclic) bond motifs is 1. The highest BCUT2D eigenvalue weighted by atomic mass is 19.4. The van der Waals surface area contributed by atoms with Crippen molar-refractivity contribution in [2.45, 2.75) is 26.1 Å². The van der Waals surface area contributed by atoms with E-state index in [1.807, 2.05) is 13.8 Å². The first-order valence-corrected chi connectivity index (χ1v) is 7.58. The van der Waals surface area contributed by atoms with Crippen LogP contribution < -0.4 is 5.32 Å². The van der Waals surface area contributed by atoms with Gasteiger partial charge in [-0.1, -0.05) is 12.1 Å². The Kier molecular flexibility index (Phi) is 4.20. The summed E-state index contributed by atoms with van der Waals surface area (Å²) >= 11 is 0. The van der Waals surface area contributed by atoms with E-state index in [9.17, 15) is 18.0 Å². The zero-order valence-corrected chi connectivity index (χ0v) is 13.5. The van der Waals surface area contributed by atoms with Crippen molar-refractivity contribution in [3.05, 3.63) is 54.2 Å². The monoisotopic (exact) mass is 348 g/mol. The highest BCUT2D eigenvalue weighted by Gasteiger charge is 2.31. The summed E-state index contributed by atoms with van der Waals surface area (Å²) < 4.78 is 40.4. The Bertz CT molecular complexity index is 931. The summed E-state index contributed by atoms with van der Waals surface area (Å²) in [5.41, 5.74) is 0.219. The van der Waals surface area contributed by atoms with E-state index in [0.29, 0.717) is 5.52 Å². The van der Waals surface area contributed by atoms with Crippen LogP contribution in [-0.2, 0) is 6.18 Å². The van der Waals surface area contributed by atoms with Crippen molar-refractivity contribution in [3.8, 4) is 11.3 Å². The number of imidazole rings is 1. The molecule has 25 heavy (non-hydrogen) atoms. The smallest absolute Gasteiger partial charge is 0.347 e. The molecule has 8 heteroatoms. The van der Waals surface area contributed by atoms with Crippen LogP contribution in [0.5, 0.6) is 0 Å². The molecule has 3 rings (SSSR count). The van der Waals surface area contributed by atoms with Gasteiger partial charge >= 0.3 is 6.18 Å². The molecule has 0 unspecified atom stereocenters. The Morgan fingerprint density at radius 1 is 1.28 bits per heavy atom. The van der Waals surface area contributed by atoms with Gasteiger partial charge in [0.25, 0.3) is 5.91 Å². The number of nitrogens with zero attached hydrogens (tertiary/aromatic N) is 3. The normalized spacial score (nSPS) is 11.9. The molecule has 0 aliphatic rings. The summed E-state index contributed by atoms with van der Waals surface area (Å²) in [4.78, 5) is 20.6. The molecule has 1 N–H and O–H groups in total. The predicted octanol–water partition coefficient (Wildman–Crippen LogP) is 3.55. The molecule has 0 atom stereocenters. The summed E-state index contributed by atoms with van der Waals surface area (Å²) in [6.07, 6.45) is 0.0435. The van der Waals surface area contributed by atoms with Crippen molar-refractivity contribution in [3.63, 3.8) is 0 Å². The number of carbonyl (C=O) groups is 1. The molecule has 2 heterocycles. The zero-order chi connectivity index (χ0) is 18.2. The van der Waals surface area contributed by atoms with Crippen LogP contribution in [0.3, 0.4) is 0 Å². The SMILES string of the molecule is CC(C)NC(=O)c1nc(-c2cccc(C(F)(F)F)c2)c2cnccn12. The fourth-order valence-electron chi connectivity index (χ4n) is 2.48. The van der Waals surface area contributed by atoms with Crippen LogP contribution in [0.1, 0.15) is 30.0 Å². The molecular weight excluding hydrogens is 333 g/mol. The van der Waals surface area contributed by atoms with Gasteiger partial charge in [-0.2, -0.15) is 13.2 Å². The second-order valence-corrected chi connectivity index (χ2v) is 5.82. The van der Waals surface area contributed by atoms with E-state index >= 15 is 0 Å². The van der Waals surface area contributed by atoms with Crippen LogP contribution in [-0.4, -0.2) is 26.3 Å². The maximum absolute atomic E-state index is 13.0. The minimum absolute atomic E-state index is 0.0958. The molecular formula is C17H15F3N4O. The summed E-state index contributed by atoms with van der Waals surface area (Å²) in [6.45, 7) is 3.62. The van der Waals surface area contributed by atoms with Gasteiger partial charge in [-0.15, -0.1) is 0 Å². The van der Waals surface area contributed by atoms with Crippen molar-refractivity contribution >= 4 is 11.4 Å². The Labute approximate surface area is 141 Å². The number of hydrogen-bond donors (Lipinski definition) is 1. The molecule has 0 saturated carbocycles. The van der Waals surface area contributed by atoms with Crippen LogP contribution >= 0.6 is 0 Å². The number of amides is 1. The van der Waals surface area contributed by atoms with Gasteiger partial charge in [0.15, 0.2) is 0 Å². The fraction of sp³-hybridized carbons (Fsp3) is 0.235. The van der Waals surface area contributed by atoms with E-state index in [4.69, 9.17) is 0 Å². The molecule has 1 amide bonds. The zero-order valence-electron chi connectivity index (χ0n) is 13.5. The van der Waals surface area contributed by atoms with Crippen LogP contribution in [0.15, 0.2) is 42.9 Å². The van der Waals surface area contributed by atoms with E-state index in [0.717, 1.165) is 12.1 Å². The molecule has 0 spiro atoms. The molecule has 0 radical (unpaired) electrons. The second-order valence-electron chi connectivity index (χ2n) is 5.82. The van der Waals surface area contributed by atoms with E-state index < -0.39 is 17.6 Å². The van der Waals surface area contributed by atoms with Gasteiger partial charge in [0.1, 0.15) is 0 Å². The lowest BCUT2D eigenvalue weighted by molar-refractivity contribution is -0.137. The predicted molar refractivity (Wildman–Crippen MR) is 86.0 cm³/mol. The van der Waals surface area contributed by atoms with Gasteiger partial charge in [0.05, 0.1) is 23.0 Å².